The van der Waals surface area contributed by atoms with Crippen LogP contribution < -0.4 is 5.32 Å². The first-order chi connectivity index (χ1) is 12.8. The lowest BCUT2D eigenvalue weighted by molar-refractivity contribution is 1.08. The monoisotopic (exact) mass is 341 g/mol. The Kier molecular flexibility index (Phi) is 3.35. The van der Waals surface area contributed by atoms with Crippen LogP contribution in [-0.4, -0.2) is 29.3 Å². The maximum absolute atomic E-state index is 4.60. The van der Waals surface area contributed by atoms with Crippen molar-refractivity contribution in [1.82, 2.24) is 29.3 Å². The Morgan fingerprint density at radius 3 is 2.96 bits per heavy atom. The molecule has 0 fully saturated rings. The largest absolute Gasteiger partial charge is 0.379 e. The number of H-pyrrole nitrogens is 1. The van der Waals surface area contributed by atoms with Gasteiger partial charge in [0.15, 0.2) is 5.82 Å². The summed E-state index contributed by atoms with van der Waals surface area (Å²) in [6.45, 7) is 0.651. The molecule has 0 bridgehead atoms. The first-order valence-electron chi connectivity index (χ1n) is 8.28. The Balaban J connectivity index is 1.39. The zero-order chi connectivity index (χ0) is 17.3. The number of imidazole rings is 2. The molecular weight excluding hydrogens is 326 g/mol. The lowest BCUT2D eigenvalue weighted by atomic mass is 10.2. The van der Waals surface area contributed by atoms with E-state index < -0.39 is 0 Å². The van der Waals surface area contributed by atoms with Crippen molar-refractivity contribution in [2.24, 2.45) is 0 Å². The molecule has 126 valence electrons. The second kappa shape index (κ2) is 5.96. The highest BCUT2D eigenvalue weighted by Crippen LogP contribution is 2.21. The van der Waals surface area contributed by atoms with Crippen molar-refractivity contribution in [3.63, 3.8) is 0 Å². The number of fused-ring (bicyclic) bond motifs is 2. The fourth-order valence-corrected chi connectivity index (χ4v) is 2.93. The third-order valence-electron chi connectivity index (χ3n) is 4.18. The van der Waals surface area contributed by atoms with Crippen molar-refractivity contribution in [3.05, 3.63) is 73.1 Å². The molecule has 0 amide bonds. The van der Waals surface area contributed by atoms with Gasteiger partial charge < -0.3 is 14.7 Å². The van der Waals surface area contributed by atoms with Crippen LogP contribution in [-0.2, 0) is 6.54 Å². The van der Waals surface area contributed by atoms with Crippen LogP contribution in [0.1, 0.15) is 5.69 Å². The number of anilines is 1. The molecule has 0 radical (unpaired) electrons. The Hall–Kier alpha value is -3.74. The van der Waals surface area contributed by atoms with Crippen LogP contribution in [0.2, 0.25) is 0 Å². The topological polar surface area (TPSA) is 83.8 Å². The van der Waals surface area contributed by atoms with Crippen LogP contribution in [0.4, 0.5) is 5.69 Å². The van der Waals surface area contributed by atoms with Gasteiger partial charge in [-0.2, -0.15) is 0 Å². The molecule has 1 aromatic carbocycles. The average molecular weight is 341 g/mol. The molecule has 0 aliphatic rings. The fourth-order valence-electron chi connectivity index (χ4n) is 2.93. The number of aromatic amines is 1. The molecule has 26 heavy (non-hydrogen) atoms. The third kappa shape index (κ3) is 2.65. The predicted molar refractivity (Wildman–Crippen MR) is 99.6 cm³/mol. The number of hydrogen-bond donors (Lipinski definition) is 2. The zero-order valence-electron chi connectivity index (χ0n) is 13.8. The lowest BCUT2D eigenvalue weighted by Gasteiger charge is -2.03. The number of rotatable bonds is 4. The average Bonchev–Trinajstić information content (AvgIpc) is 3.30. The summed E-state index contributed by atoms with van der Waals surface area (Å²) in [6.07, 6.45) is 9.03. The van der Waals surface area contributed by atoms with E-state index in [0.717, 1.165) is 33.8 Å². The molecule has 0 aliphatic heterocycles. The summed E-state index contributed by atoms with van der Waals surface area (Å²) >= 11 is 0. The summed E-state index contributed by atoms with van der Waals surface area (Å²) < 4.78 is 2.02. The quantitative estimate of drug-likeness (QED) is 0.524. The first kappa shape index (κ1) is 14.6. The van der Waals surface area contributed by atoms with E-state index in [9.17, 15) is 0 Å². The molecule has 7 heteroatoms. The summed E-state index contributed by atoms with van der Waals surface area (Å²) in [4.78, 5) is 20.8. The fraction of sp³-hybridized carbons (Fsp3) is 0.0526. The Bertz CT molecular complexity index is 1160. The van der Waals surface area contributed by atoms with Crippen LogP contribution in [0.3, 0.4) is 0 Å². The summed E-state index contributed by atoms with van der Waals surface area (Å²) in [5.41, 5.74) is 5.50. The normalized spacial score (nSPS) is 11.2. The van der Waals surface area contributed by atoms with Gasteiger partial charge in [-0.3, -0.25) is 4.98 Å². The number of pyridine rings is 1. The molecule has 0 saturated carbocycles. The van der Waals surface area contributed by atoms with Crippen molar-refractivity contribution in [3.8, 4) is 11.5 Å². The van der Waals surface area contributed by atoms with Gasteiger partial charge in [0, 0.05) is 30.5 Å². The number of benzene rings is 1. The van der Waals surface area contributed by atoms with E-state index in [1.165, 1.54) is 0 Å². The highest BCUT2D eigenvalue weighted by atomic mass is 15.0. The Morgan fingerprint density at radius 2 is 2.08 bits per heavy atom. The molecule has 0 spiro atoms. The number of nitrogens with one attached hydrogen (secondary N) is 2. The molecule has 0 unspecified atom stereocenters. The molecular formula is C19H15N7. The first-order valence-corrected chi connectivity index (χ1v) is 8.28. The van der Waals surface area contributed by atoms with E-state index in [4.69, 9.17) is 0 Å². The maximum Gasteiger partial charge on any atom is 0.158 e. The van der Waals surface area contributed by atoms with Crippen LogP contribution in [0.25, 0.3) is 28.2 Å². The van der Waals surface area contributed by atoms with Crippen LogP contribution >= 0.6 is 0 Å². The summed E-state index contributed by atoms with van der Waals surface area (Å²) in [5.74, 6) is 0.714. The smallest absolute Gasteiger partial charge is 0.158 e. The van der Waals surface area contributed by atoms with Crippen molar-refractivity contribution < 1.29 is 0 Å². The van der Waals surface area contributed by atoms with Gasteiger partial charge in [0.25, 0.3) is 0 Å². The van der Waals surface area contributed by atoms with Gasteiger partial charge in [-0.1, -0.05) is 6.07 Å². The summed E-state index contributed by atoms with van der Waals surface area (Å²) in [7, 11) is 0. The molecule has 7 nitrogen and oxygen atoms in total. The van der Waals surface area contributed by atoms with Crippen LogP contribution in [0, 0.1) is 0 Å². The third-order valence-corrected chi connectivity index (χ3v) is 4.18. The van der Waals surface area contributed by atoms with E-state index in [2.05, 4.69) is 30.2 Å². The minimum atomic E-state index is 0.651. The minimum absolute atomic E-state index is 0.651. The van der Waals surface area contributed by atoms with Gasteiger partial charge in [-0.15, -0.1) is 0 Å². The molecule has 0 atom stereocenters. The Morgan fingerprint density at radius 1 is 1.08 bits per heavy atom. The van der Waals surface area contributed by atoms with E-state index >= 15 is 0 Å². The molecule has 5 aromatic rings. The van der Waals surface area contributed by atoms with Crippen molar-refractivity contribution in [1.29, 1.82) is 0 Å². The molecule has 2 N–H and O–H groups in total. The Labute approximate surface area is 148 Å². The van der Waals surface area contributed by atoms with Crippen molar-refractivity contribution in [2.75, 3.05) is 5.32 Å². The van der Waals surface area contributed by atoms with Crippen LogP contribution in [0.5, 0.6) is 0 Å². The van der Waals surface area contributed by atoms with E-state index in [1.807, 2.05) is 53.2 Å². The second-order valence-corrected chi connectivity index (χ2v) is 5.96. The lowest BCUT2D eigenvalue weighted by Crippen LogP contribution is -1.99. The highest BCUT2D eigenvalue weighted by Gasteiger charge is 2.07. The van der Waals surface area contributed by atoms with Crippen molar-refractivity contribution >= 4 is 22.4 Å². The standard InChI is InChI=1S/C19H15N7/c1-2-8-26-12-14(23-18(26)3-1)10-22-13-4-5-15-16(9-13)25-19(24-15)17-11-20-6-7-21-17/h1-9,11-12,22H,10H2,(H,24,25). The van der Waals surface area contributed by atoms with Crippen LogP contribution in [0.15, 0.2) is 67.4 Å². The highest BCUT2D eigenvalue weighted by molar-refractivity contribution is 5.82. The molecule has 0 saturated heterocycles. The SMILES string of the molecule is c1ccn2cc(CNc3ccc4nc(-c5cnccn5)[nH]c4c3)nc2c1. The van der Waals surface area contributed by atoms with Gasteiger partial charge in [0.1, 0.15) is 11.3 Å². The van der Waals surface area contributed by atoms with Gasteiger partial charge >= 0.3 is 0 Å². The van der Waals surface area contributed by atoms with E-state index in [0.29, 0.717) is 12.4 Å². The van der Waals surface area contributed by atoms with E-state index in [-0.39, 0.29) is 0 Å². The molecule has 0 aliphatic carbocycles. The minimum Gasteiger partial charge on any atom is -0.379 e. The zero-order valence-corrected chi connectivity index (χ0v) is 13.8. The molecule has 5 rings (SSSR count). The molecule has 4 heterocycles. The number of aromatic nitrogens is 6. The predicted octanol–water partition coefficient (Wildman–Crippen LogP) is 3.28. The van der Waals surface area contributed by atoms with Gasteiger partial charge in [-0.25, -0.2) is 15.0 Å². The number of nitrogens with zero attached hydrogens (tertiary/aromatic N) is 5. The summed E-state index contributed by atoms with van der Waals surface area (Å²) in [5, 5.41) is 3.41. The maximum atomic E-state index is 4.60. The number of hydrogen-bond acceptors (Lipinski definition) is 5. The summed E-state index contributed by atoms with van der Waals surface area (Å²) in [6, 6.07) is 12.0. The van der Waals surface area contributed by atoms with Crippen molar-refractivity contribution in [2.45, 2.75) is 6.54 Å². The van der Waals surface area contributed by atoms with Gasteiger partial charge in [0.05, 0.1) is 29.5 Å². The second-order valence-electron chi connectivity index (χ2n) is 5.96. The van der Waals surface area contributed by atoms with E-state index in [1.54, 1.807) is 18.6 Å². The van der Waals surface area contributed by atoms with Gasteiger partial charge in [0.2, 0.25) is 0 Å². The van der Waals surface area contributed by atoms with Gasteiger partial charge in [-0.05, 0) is 30.3 Å². The molecule has 4 aromatic heterocycles.